The van der Waals surface area contributed by atoms with Crippen LogP contribution in [0.4, 0.5) is 5.69 Å². The summed E-state index contributed by atoms with van der Waals surface area (Å²) < 4.78 is 3.96. The lowest BCUT2D eigenvalue weighted by atomic mass is 10.1. The summed E-state index contributed by atoms with van der Waals surface area (Å²) >= 11 is 0. The number of hydrogen-bond acceptors (Lipinski definition) is 4. The number of carbonyl (C=O) groups is 1. The molecule has 1 amide bonds. The minimum Gasteiger partial charge on any atom is -0.324 e. The monoisotopic (exact) mass is 453 g/mol. The first kappa shape index (κ1) is 21.4. The second kappa shape index (κ2) is 8.47. The van der Waals surface area contributed by atoms with Crippen LogP contribution in [0.2, 0.25) is 0 Å². The number of benzene rings is 3. The smallest absolute Gasteiger partial charge is 0.324 e. The summed E-state index contributed by atoms with van der Waals surface area (Å²) in [4.78, 5) is 39.4. The number of aryl methyl sites for hydroxylation is 2. The molecule has 2 heterocycles. The fraction of sp³-hybridized carbons (Fsp3) is 0.154. The Hall–Kier alpha value is -4.46. The molecule has 0 unspecified atom stereocenters. The third-order valence-corrected chi connectivity index (χ3v) is 5.82. The van der Waals surface area contributed by atoms with Gasteiger partial charge in [0.25, 0.3) is 5.56 Å². The zero-order chi connectivity index (χ0) is 23.8. The van der Waals surface area contributed by atoms with E-state index in [4.69, 9.17) is 0 Å². The van der Waals surface area contributed by atoms with Gasteiger partial charge in [0.05, 0.1) is 17.4 Å². The fourth-order valence-electron chi connectivity index (χ4n) is 4.16. The summed E-state index contributed by atoms with van der Waals surface area (Å²) in [5, 5.41) is 7.66. The number of carbonyl (C=O) groups excluding carboxylic acids is 1. The highest BCUT2D eigenvalue weighted by molar-refractivity contribution is 5.91. The van der Waals surface area contributed by atoms with Crippen LogP contribution in [-0.4, -0.2) is 24.7 Å². The maximum Gasteiger partial charge on any atom is 0.352 e. The van der Waals surface area contributed by atoms with Crippen LogP contribution in [0.1, 0.15) is 16.7 Å². The maximum atomic E-state index is 13.3. The average Bonchev–Trinajstić information content (AvgIpc) is 3.15. The summed E-state index contributed by atoms with van der Waals surface area (Å²) in [6.07, 6.45) is 0. The van der Waals surface area contributed by atoms with Crippen LogP contribution in [0.15, 0.2) is 82.4 Å². The number of aromatic nitrogens is 4. The molecule has 170 valence electrons. The predicted molar refractivity (Wildman–Crippen MR) is 131 cm³/mol. The molecule has 5 aromatic rings. The predicted octanol–water partition coefficient (Wildman–Crippen LogP) is 3.11. The molecule has 0 saturated heterocycles. The lowest BCUT2D eigenvalue weighted by Crippen LogP contribution is -2.29. The van der Waals surface area contributed by atoms with E-state index < -0.39 is 5.69 Å². The van der Waals surface area contributed by atoms with Gasteiger partial charge in [-0.25, -0.2) is 13.9 Å². The van der Waals surface area contributed by atoms with Gasteiger partial charge in [-0.15, -0.1) is 5.10 Å². The van der Waals surface area contributed by atoms with E-state index in [1.54, 1.807) is 24.3 Å². The van der Waals surface area contributed by atoms with Gasteiger partial charge in [0.15, 0.2) is 0 Å². The van der Waals surface area contributed by atoms with Gasteiger partial charge in [-0.3, -0.25) is 14.2 Å². The number of anilines is 1. The van der Waals surface area contributed by atoms with Crippen LogP contribution in [-0.2, 0) is 17.9 Å². The van der Waals surface area contributed by atoms with Crippen molar-refractivity contribution in [2.24, 2.45) is 0 Å². The van der Waals surface area contributed by atoms with Crippen molar-refractivity contribution in [2.75, 3.05) is 5.32 Å². The van der Waals surface area contributed by atoms with E-state index in [-0.39, 0.29) is 30.3 Å². The molecule has 0 aliphatic rings. The van der Waals surface area contributed by atoms with Crippen molar-refractivity contribution < 1.29 is 4.79 Å². The molecule has 8 heteroatoms. The van der Waals surface area contributed by atoms with Crippen LogP contribution < -0.4 is 16.6 Å². The Bertz CT molecular complexity index is 1660. The van der Waals surface area contributed by atoms with Crippen LogP contribution in [0.3, 0.4) is 0 Å². The first-order chi connectivity index (χ1) is 16.4. The van der Waals surface area contributed by atoms with E-state index in [0.29, 0.717) is 16.6 Å². The van der Waals surface area contributed by atoms with Crippen molar-refractivity contribution in [1.82, 2.24) is 18.7 Å². The molecule has 0 atom stereocenters. The molecule has 0 fully saturated rings. The van der Waals surface area contributed by atoms with Crippen LogP contribution in [0, 0.1) is 13.8 Å². The molecule has 8 nitrogen and oxygen atoms in total. The quantitative estimate of drug-likeness (QED) is 0.443. The number of nitrogens with one attached hydrogen (secondary N) is 1. The molecule has 3 aromatic carbocycles. The number of hydrogen-bond donors (Lipinski definition) is 1. The highest BCUT2D eigenvalue weighted by Gasteiger charge is 2.19. The van der Waals surface area contributed by atoms with Crippen molar-refractivity contribution in [2.45, 2.75) is 26.9 Å². The lowest BCUT2D eigenvalue weighted by Gasteiger charge is -2.09. The van der Waals surface area contributed by atoms with Crippen LogP contribution in [0.5, 0.6) is 0 Å². The highest BCUT2D eigenvalue weighted by Crippen LogP contribution is 2.16. The molecule has 0 saturated carbocycles. The molecular weight excluding hydrogens is 430 g/mol. The van der Waals surface area contributed by atoms with Gasteiger partial charge < -0.3 is 5.32 Å². The van der Waals surface area contributed by atoms with E-state index in [0.717, 1.165) is 21.4 Å². The zero-order valence-corrected chi connectivity index (χ0v) is 18.9. The summed E-state index contributed by atoms with van der Waals surface area (Å²) in [5.74, 6) is -0.185. The lowest BCUT2D eigenvalue weighted by molar-refractivity contribution is -0.117. The number of rotatable bonds is 5. The summed E-state index contributed by atoms with van der Waals surface area (Å²) in [6, 6.07) is 22.1. The minimum atomic E-state index is -0.483. The number of fused-ring (bicyclic) bond motifs is 3. The molecule has 0 spiro atoms. The Balaban J connectivity index is 1.60. The molecule has 0 aliphatic carbocycles. The molecule has 2 aromatic heterocycles. The zero-order valence-electron chi connectivity index (χ0n) is 18.9. The van der Waals surface area contributed by atoms with Crippen molar-refractivity contribution in [3.05, 3.63) is 110 Å². The molecule has 5 rings (SSSR count). The van der Waals surface area contributed by atoms with Gasteiger partial charge in [0, 0.05) is 5.69 Å². The minimum absolute atomic E-state index is 0.192. The van der Waals surface area contributed by atoms with Gasteiger partial charge >= 0.3 is 5.69 Å². The maximum absolute atomic E-state index is 13.3. The van der Waals surface area contributed by atoms with Crippen LogP contribution in [0.25, 0.3) is 16.7 Å². The van der Waals surface area contributed by atoms with E-state index in [9.17, 15) is 14.4 Å². The SMILES string of the molecule is Cc1ccc(NC(=O)Cn2nc3n(Cc4ccccc4)c(=O)c4ccccc4n3c2=O)c(C)c1. The van der Waals surface area contributed by atoms with Gasteiger partial charge in [-0.05, 0) is 43.2 Å². The van der Waals surface area contributed by atoms with Crippen molar-refractivity contribution in [3.63, 3.8) is 0 Å². The van der Waals surface area contributed by atoms with Gasteiger partial charge in [-0.2, -0.15) is 0 Å². The largest absolute Gasteiger partial charge is 0.352 e. The Morgan fingerprint density at radius 3 is 2.44 bits per heavy atom. The Kier molecular flexibility index (Phi) is 5.33. The molecular formula is C26H23N5O3. The molecule has 0 bridgehead atoms. The van der Waals surface area contributed by atoms with E-state index >= 15 is 0 Å². The number of nitrogens with zero attached hydrogens (tertiary/aromatic N) is 4. The first-order valence-corrected chi connectivity index (χ1v) is 10.9. The van der Waals surface area contributed by atoms with Crippen LogP contribution >= 0.6 is 0 Å². The standard InChI is InChI=1S/C26H23N5O3/c1-17-12-13-21(18(2)14-17)27-23(32)16-30-26(34)31-22-11-7-6-10-20(22)24(33)29(25(31)28-30)15-19-8-4-3-5-9-19/h3-14H,15-16H2,1-2H3,(H,27,32). The van der Waals surface area contributed by atoms with E-state index in [2.05, 4.69) is 10.4 Å². The molecule has 0 aliphatic heterocycles. The second-order valence-corrected chi connectivity index (χ2v) is 8.34. The van der Waals surface area contributed by atoms with Gasteiger partial charge in [0.1, 0.15) is 6.54 Å². The Labute approximate surface area is 194 Å². The van der Waals surface area contributed by atoms with Crippen molar-refractivity contribution in [1.29, 1.82) is 0 Å². The topological polar surface area (TPSA) is 90.4 Å². The number of amides is 1. The van der Waals surface area contributed by atoms with Crippen molar-refractivity contribution >= 4 is 28.3 Å². The normalized spacial score (nSPS) is 11.2. The third kappa shape index (κ3) is 3.79. The average molecular weight is 454 g/mol. The summed E-state index contributed by atoms with van der Waals surface area (Å²) in [6.45, 7) is 3.86. The Morgan fingerprint density at radius 2 is 1.68 bits per heavy atom. The van der Waals surface area contributed by atoms with E-state index in [1.165, 1.54) is 8.97 Å². The molecule has 34 heavy (non-hydrogen) atoms. The van der Waals surface area contributed by atoms with Gasteiger partial charge in [-0.1, -0.05) is 60.2 Å². The molecule has 1 N–H and O–H groups in total. The summed E-state index contributed by atoms with van der Waals surface area (Å²) in [7, 11) is 0. The fourth-order valence-corrected chi connectivity index (χ4v) is 4.16. The van der Waals surface area contributed by atoms with E-state index in [1.807, 2.05) is 62.4 Å². The Morgan fingerprint density at radius 1 is 0.941 bits per heavy atom. The first-order valence-electron chi connectivity index (χ1n) is 10.9. The van der Waals surface area contributed by atoms with Crippen molar-refractivity contribution in [3.8, 4) is 0 Å². The number of para-hydroxylation sites is 1. The second-order valence-electron chi connectivity index (χ2n) is 8.34. The van der Waals surface area contributed by atoms with Gasteiger partial charge in [0.2, 0.25) is 11.7 Å². The highest BCUT2D eigenvalue weighted by atomic mass is 16.2. The molecule has 0 radical (unpaired) electrons. The third-order valence-electron chi connectivity index (χ3n) is 5.82. The summed E-state index contributed by atoms with van der Waals surface area (Å²) in [5.41, 5.74) is 3.33.